The average molecular weight is 363 g/mol. The molecule has 0 radical (unpaired) electrons. The van der Waals surface area contributed by atoms with E-state index in [0.29, 0.717) is 30.3 Å². The van der Waals surface area contributed by atoms with E-state index in [2.05, 4.69) is 20.7 Å². The lowest BCUT2D eigenvalue weighted by molar-refractivity contribution is -0.116. The number of halogens is 2. The maximum absolute atomic E-state index is 13.2. The zero-order valence-corrected chi connectivity index (χ0v) is 14.8. The Morgan fingerprint density at radius 2 is 2.08 bits per heavy atom. The smallest absolute Gasteiger partial charge is 0.227 e. The lowest BCUT2D eigenvalue weighted by Crippen LogP contribution is -2.27. The van der Waals surface area contributed by atoms with Crippen molar-refractivity contribution < 1.29 is 13.6 Å². The number of benzene rings is 1. The number of carbonyl (C=O) groups is 1. The van der Waals surface area contributed by atoms with Crippen molar-refractivity contribution in [2.45, 2.75) is 38.0 Å². The van der Waals surface area contributed by atoms with Crippen LogP contribution in [0.15, 0.2) is 18.2 Å². The minimum atomic E-state index is -0.864. The van der Waals surface area contributed by atoms with Crippen LogP contribution in [0.5, 0.6) is 0 Å². The number of nitrogens with zero attached hydrogens (tertiary/aromatic N) is 3. The standard InChI is InChI=1S/C18H23F2N5O/c1-25-18(23-17(24-25)13-7-9-21-10-8-13)22-16(26)4-2-3-12-5-6-14(19)15(20)11-12/h5-6,11,13,21H,2-4,7-10H2,1H3,(H,22,23,24,26). The molecule has 3 rings (SSSR count). The van der Waals surface area contributed by atoms with Gasteiger partial charge in [-0.2, -0.15) is 10.1 Å². The van der Waals surface area contributed by atoms with Gasteiger partial charge in [-0.15, -0.1) is 0 Å². The highest BCUT2D eigenvalue weighted by molar-refractivity contribution is 5.88. The summed E-state index contributed by atoms with van der Waals surface area (Å²) in [5.74, 6) is -0.362. The van der Waals surface area contributed by atoms with Crippen LogP contribution in [0.3, 0.4) is 0 Å². The summed E-state index contributed by atoms with van der Waals surface area (Å²) in [5.41, 5.74) is 0.670. The number of rotatable bonds is 6. The largest absolute Gasteiger partial charge is 0.317 e. The van der Waals surface area contributed by atoms with Gasteiger partial charge in [-0.05, 0) is 56.5 Å². The maximum Gasteiger partial charge on any atom is 0.227 e. The Morgan fingerprint density at radius 3 is 2.81 bits per heavy atom. The lowest BCUT2D eigenvalue weighted by Gasteiger charge is -2.19. The molecule has 8 heteroatoms. The number of nitrogens with one attached hydrogen (secondary N) is 2. The molecule has 0 unspecified atom stereocenters. The van der Waals surface area contributed by atoms with Crippen LogP contribution in [-0.2, 0) is 18.3 Å². The van der Waals surface area contributed by atoms with Crippen LogP contribution in [0.4, 0.5) is 14.7 Å². The Labute approximate surface area is 151 Å². The summed E-state index contributed by atoms with van der Waals surface area (Å²) in [4.78, 5) is 16.6. The van der Waals surface area contributed by atoms with Crippen molar-refractivity contribution in [3.63, 3.8) is 0 Å². The van der Waals surface area contributed by atoms with Crippen molar-refractivity contribution in [2.75, 3.05) is 18.4 Å². The van der Waals surface area contributed by atoms with Crippen molar-refractivity contribution in [3.05, 3.63) is 41.2 Å². The first-order chi connectivity index (χ1) is 12.5. The lowest BCUT2D eigenvalue weighted by atomic mass is 9.98. The van der Waals surface area contributed by atoms with Crippen molar-refractivity contribution in [1.29, 1.82) is 0 Å². The molecule has 1 amide bonds. The third-order valence-corrected chi connectivity index (χ3v) is 4.59. The van der Waals surface area contributed by atoms with Crippen LogP contribution in [0.1, 0.15) is 43.0 Å². The van der Waals surface area contributed by atoms with Gasteiger partial charge in [0.05, 0.1) is 0 Å². The van der Waals surface area contributed by atoms with Crippen LogP contribution in [0, 0.1) is 11.6 Å². The zero-order chi connectivity index (χ0) is 18.5. The maximum atomic E-state index is 13.2. The molecule has 0 aliphatic carbocycles. The Hall–Kier alpha value is -2.35. The minimum Gasteiger partial charge on any atom is -0.317 e. The highest BCUT2D eigenvalue weighted by Gasteiger charge is 2.21. The summed E-state index contributed by atoms with van der Waals surface area (Å²) in [6.07, 6.45) is 3.30. The summed E-state index contributed by atoms with van der Waals surface area (Å²) >= 11 is 0. The van der Waals surface area contributed by atoms with Gasteiger partial charge in [-0.1, -0.05) is 6.07 Å². The summed E-state index contributed by atoms with van der Waals surface area (Å²) in [7, 11) is 1.76. The number of aromatic nitrogens is 3. The highest BCUT2D eigenvalue weighted by atomic mass is 19.2. The fourth-order valence-corrected chi connectivity index (χ4v) is 3.10. The number of aryl methyl sites for hydroxylation is 2. The molecular weight excluding hydrogens is 340 g/mol. The molecular formula is C18H23F2N5O. The highest BCUT2D eigenvalue weighted by Crippen LogP contribution is 2.23. The van der Waals surface area contributed by atoms with Gasteiger partial charge in [-0.25, -0.2) is 13.5 Å². The van der Waals surface area contributed by atoms with E-state index in [1.165, 1.54) is 12.1 Å². The van der Waals surface area contributed by atoms with Crippen molar-refractivity contribution >= 4 is 11.9 Å². The minimum absolute atomic E-state index is 0.167. The van der Waals surface area contributed by atoms with Gasteiger partial charge in [0, 0.05) is 19.4 Å². The van der Waals surface area contributed by atoms with E-state index in [1.807, 2.05) is 0 Å². The summed E-state index contributed by atoms with van der Waals surface area (Å²) in [5, 5.41) is 10.5. The van der Waals surface area contributed by atoms with Gasteiger partial charge in [0.25, 0.3) is 0 Å². The average Bonchev–Trinajstić information content (AvgIpc) is 2.99. The zero-order valence-electron chi connectivity index (χ0n) is 14.8. The molecule has 0 atom stereocenters. The molecule has 0 saturated carbocycles. The molecule has 2 N–H and O–H groups in total. The van der Waals surface area contributed by atoms with Crippen LogP contribution in [0.25, 0.3) is 0 Å². The molecule has 1 fully saturated rings. The molecule has 2 heterocycles. The molecule has 1 aliphatic rings. The Morgan fingerprint density at radius 1 is 1.31 bits per heavy atom. The van der Waals surface area contributed by atoms with E-state index in [1.54, 1.807) is 11.7 Å². The van der Waals surface area contributed by atoms with Gasteiger partial charge in [0.1, 0.15) is 0 Å². The fourth-order valence-electron chi connectivity index (χ4n) is 3.10. The monoisotopic (exact) mass is 363 g/mol. The molecule has 26 heavy (non-hydrogen) atoms. The molecule has 1 aromatic heterocycles. The third kappa shape index (κ3) is 4.63. The van der Waals surface area contributed by atoms with Crippen molar-refractivity contribution in [1.82, 2.24) is 20.1 Å². The topological polar surface area (TPSA) is 71.8 Å². The van der Waals surface area contributed by atoms with E-state index >= 15 is 0 Å². The number of carbonyl (C=O) groups excluding carboxylic acids is 1. The van der Waals surface area contributed by atoms with Crippen molar-refractivity contribution in [3.8, 4) is 0 Å². The van der Waals surface area contributed by atoms with Gasteiger partial charge >= 0.3 is 0 Å². The molecule has 140 valence electrons. The van der Waals surface area contributed by atoms with Gasteiger partial charge in [-0.3, -0.25) is 10.1 Å². The summed E-state index contributed by atoms with van der Waals surface area (Å²) < 4.78 is 27.7. The summed E-state index contributed by atoms with van der Waals surface area (Å²) in [6, 6.07) is 3.80. The first kappa shape index (κ1) is 18.4. The number of hydrogen-bond donors (Lipinski definition) is 2. The van der Waals surface area contributed by atoms with Crippen LogP contribution < -0.4 is 10.6 Å². The second-order valence-corrected chi connectivity index (χ2v) is 6.59. The molecule has 1 saturated heterocycles. The normalized spacial score (nSPS) is 15.2. The number of hydrogen-bond acceptors (Lipinski definition) is 4. The van der Waals surface area contributed by atoms with Crippen LogP contribution in [-0.4, -0.2) is 33.8 Å². The fraction of sp³-hybridized carbons (Fsp3) is 0.500. The Kier molecular flexibility index (Phi) is 5.92. The first-order valence-corrected chi connectivity index (χ1v) is 8.88. The van der Waals surface area contributed by atoms with Gasteiger partial charge < -0.3 is 5.32 Å². The molecule has 2 aromatic rings. The number of piperidine rings is 1. The Bertz CT molecular complexity index is 771. The van der Waals surface area contributed by atoms with E-state index < -0.39 is 11.6 Å². The molecule has 0 spiro atoms. The third-order valence-electron chi connectivity index (χ3n) is 4.59. The van der Waals surface area contributed by atoms with E-state index in [0.717, 1.165) is 37.8 Å². The van der Waals surface area contributed by atoms with E-state index in [9.17, 15) is 13.6 Å². The summed E-state index contributed by atoms with van der Waals surface area (Å²) in [6.45, 7) is 1.91. The number of anilines is 1. The second kappa shape index (κ2) is 8.35. The predicted octanol–water partition coefficient (Wildman–Crippen LogP) is 2.52. The SMILES string of the molecule is Cn1nc(C2CCNCC2)nc1NC(=O)CCCc1ccc(F)c(F)c1. The van der Waals surface area contributed by atoms with Gasteiger partial charge in [0.15, 0.2) is 17.5 Å². The van der Waals surface area contributed by atoms with Gasteiger partial charge in [0.2, 0.25) is 11.9 Å². The van der Waals surface area contributed by atoms with Crippen LogP contribution in [0.2, 0.25) is 0 Å². The molecule has 1 aromatic carbocycles. The van der Waals surface area contributed by atoms with E-state index in [-0.39, 0.29) is 12.3 Å². The van der Waals surface area contributed by atoms with Crippen molar-refractivity contribution in [2.24, 2.45) is 7.05 Å². The second-order valence-electron chi connectivity index (χ2n) is 6.59. The number of amides is 1. The quantitative estimate of drug-likeness (QED) is 0.827. The van der Waals surface area contributed by atoms with Crippen LogP contribution >= 0.6 is 0 Å². The van der Waals surface area contributed by atoms with E-state index in [4.69, 9.17) is 0 Å². The first-order valence-electron chi connectivity index (χ1n) is 8.88. The molecule has 0 bridgehead atoms. The molecule has 1 aliphatic heterocycles. The predicted molar refractivity (Wildman–Crippen MR) is 93.8 cm³/mol. The Balaban J connectivity index is 1.50. The molecule has 6 nitrogen and oxygen atoms in total.